The van der Waals surface area contributed by atoms with Crippen LogP contribution in [0.4, 0.5) is 0 Å². The summed E-state index contributed by atoms with van der Waals surface area (Å²) in [6, 6.07) is -0.706. The van der Waals surface area contributed by atoms with E-state index in [0.717, 1.165) is 12.8 Å². The molecule has 0 fully saturated rings. The van der Waals surface area contributed by atoms with E-state index in [-0.39, 0.29) is 0 Å². The Bertz CT molecular complexity index is 233. The molecule has 0 aromatic carbocycles. The Hall–Kier alpha value is -0.570. The molecule has 0 heterocycles. The Labute approximate surface area is 106 Å². The van der Waals surface area contributed by atoms with Gasteiger partial charge in [0.1, 0.15) is 6.04 Å². The molecule has 0 spiro atoms. The van der Waals surface area contributed by atoms with E-state index in [0.29, 0.717) is 23.7 Å². The predicted molar refractivity (Wildman–Crippen MR) is 71.9 cm³/mol. The first-order chi connectivity index (χ1) is 7.61. The second-order valence-corrected chi connectivity index (χ2v) is 6.73. The number of nitrogens with two attached hydrogens (primary N) is 1. The molecule has 0 aromatic heterocycles. The van der Waals surface area contributed by atoms with E-state index >= 15 is 0 Å². The lowest BCUT2D eigenvalue weighted by Crippen LogP contribution is -2.31. The molecular weight excluding hydrogens is 214 g/mol. The van der Waals surface area contributed by atoms with Crippen LogP contribution in [0.3, 0.4) is 0 Å². The average molecular weight is 243 g/mol. The van der Waals surface area contributed by atoms with Crippen molar-refractivity contribution in [3.63, 3.8) is 0 Å². The summed E-state index contributed by atoms with van der Waals surface area (Å²) in [4.78, 5) is 10.6. The smallest absolute Gasteiger partial charge is 0.320 e. The van der Waals surface area contributed by atoms with Gasteiger partial charge in [-0.3, -0.25) is 4.79 Å². The van der Waals surface area contributed by atoms with Gasteiger partial charge < -0.3 is 10.8 Å². The molecule has 3 nitrogen and oxygen atoms in total. The standard InChI is InChI=1S/C14H29NO2/c1-10(8-12(15)13(16)17)6-7-11(2)9-14(3,4)5/h10-12H,6-9,15H2,1-5H3,(H,16,17). The summed E-state index contributed by atoms with van der Waals surface area (Å²) in [7, 11) is 0. The molecule has 3 unspecified atom stereocenters. The SMILES string of the molecule is CC(CCC(C)CC(C)(C)C)CC(N)C(=O)O. The van der Waals surface area contributed by atoms with Gasteiger partial charge in [0.05, 0.1) is 0 Å². The van der Waals surface area contributed by atoms with Crippen LogP contribution in [-0.4, -0.2) is 17.1 Å². The van der Waals surface area contributed by atoms with E-state index in [1.54, 1.807) is 0 Å². The van der Waals surface area contributed by atoms with Gasteiger partial charge in [0.25, 0.3) is 0 Å². The number of carbonyl (C=O) groups is 1. The van der Waals surface area contributed by atoms with Crippen LogP contribution in [0.1, 0.15) is 60.3 Å². The maximum absolute atomic E-state index is 10.6. The Kier molecular flexibility index (Phi) is 6.76. The van der Waals surface area contributed by atoms with Crippen molar-refractivity contribution in [2.75, 3.05) is 0 Å². The third-order valence-corrected chi connectivity index (χ3v) is 3.09. The largest absolute Gasteiger partial charge is 0.480 e. The third kappa shape index (κ3) is 9.16. The molecule has 0 bridgehead atoms. The van der Waals surface area contributed by atoms with Crippen LogP contribution in [0.5, 0.6) is 0 Å². The van der Waals surface area contributed by atoms with Crippen LogP contribution in [0.2, 0.25) is 0 Å². The lowest BCUT2D eigenvalue weighted by atomic mass is 9.82. The van der Waals surface area contributed by atoms with Crippen molar-refractivity contribution in [2.45, 2.75) is 66.3 Å². The minimum atomic E-state index is -0.889. The van der Waals surface area contributed by atoms with Crippen LogP contribution in [0.25, 0.3) is 0 Å². The summed E-state index contributed by atoms with van der Waals surface area (Å²) in [6.07, 6.45) is 4.02. The normalized spacial score (nSPS) is 17.5. The van der Waals surface area contributed by atoms with Gasteiger partial charge in [-0.25, -0.2) is 0 Å². The van der Waals surface area contributed by atoms with Gasteiger partial charge in [0, 0.05) is 0 Å². The Balaban J connectivity index is 3.84. The molecule has 0 rings (SSSR count). The highest BCUT2D eigenvalue weighted by atomic mass is 16.4. The summed E-state index contributed by atoms with van der Waals surface area (Å²) < 4.78 is 0. The van der Waals surface area contributed by atoms with Crippen LogP contribution in [-0.2, 0) is 4.79 Å². The van der Waals surface area contributed by atoms with E-state index in [9.17, 15) is 4.79 Å². The number of hydrogen-bond donors (Lipinski definition) is 2. The van der Waals surface area contributed by atoms with Gasteiger partial charge in [0.2, 0.25) is 0 Å². The van der Waals surface area contributed by atoms with E-state index in [1.165, 1.54) is 6.42 Å². The zero-order chi connectivity index (χ0) is 13.6. The lowest BCUT2D eigenvalue weighted by molar-refractivity contribution is -0.138. The summed E-state index contributed by atoms with van der Waals surface area (Å²) in [5.41, 5.74) is 5.90. The lowest BCUT2D eigenvalue weighted by Gasteiger charge is -2.24. The van der Waals surface area contributed by atoms with Gasteiger partial charge >= 0.3 is 5.97 Å². The second-order valence-electron chi connectivity index (χ2n) is 6.73. The molecule has 0 radical (unpaired) electrons. The van der Waals surface area contributed by atoms with Gasteiger partial charge in [-0.15, -0.1) is 0 Å². The van der Waals surface area contributed by atoms with Gasteiger partial charge in [-0.1, -0.05) is 47.5 Å². The minimum Gasteiger partial charge on any atom is -0.480 e. The summed E-state index contributed by atoms with van der Waals surface area (Å²) in [6.45, 7) is 11.1. The highest BCUT2D eigenvalue weighted by Gasteiger charge is 2.18. The average Bonchev–Trinajstić information content (AvgIpc) is 2.11. The second kappa shape index (κ2) is 7.00. The molecule has 17 heavy (non-hydrogen) atoms. The first-order valence-corrected chi connectivity index (χ1v) is 6.60. The van der Waals surface area contributed by atoms with Crippen molar-refractivity contribution in [2.24, 2.45) is 23.0 Å². The highest BCUT2D eigenvalue weighted by molar-refractivity contribution is 5.72. The van der Waals surface area contributed by atoms with E-state index in [2.05, 4.69) is 34.6 Å². The Morgan fingerprint density at radius 1 is 1.18 bits per heavy atom. The number of aliphatic carboxylic acids is 1. The molecular formula is C14H29NO2. The molecule has 0 aliphatic heterocycles. The van der Waals surface area contributed by atoms with Gasteiger partial charge in [0.15, 0.2) is 0 Å². The van der Waals surface area contributed by atoms with Crippen LogP contribution in [0.15, 0.2) is 0 Å². The maximum Gasteiger partial charge on any atom is 0.320 e. The van der Waals surface area contributed by atoms with Crippen LogP contribution >= 0.6 is 0 Å². The monoisotopic (exact) mass is 243 g/mol. The predicted octanol–water partition coefficient (Wildman–Crippen LogP) is 3.28. The molecule has 3 N–H and O–H groups in total. The first kappa shape index (κ1) is 16.4. The summed E-state index contributed by atoms with van der Waals surface area (Å²) >= 11 is 0. The molecule has 0 aromatic rings. The van der Waals surface area contributed by atoms with Crippen molar-refractivity contribution >= 4 is 5.97 Å². The zero-order valence-corrected chi connectivity index (χ0v) is 12.0. The molecule has 102 valence electrons. The molecule has 0 aliphatic carbocycles. The van der Waals surface area contributed by atoms with Gasteiger partial charge in [-0.05, 0) is 30.1 Å². The fourth-order valence-electron chi connectivity index (χ4n) is 2.37. The molecule has 3 atom stereocenters. The molecule has 3 heteroatoms. The first-order valence-electron chi connectivity index (χ1n) is 6.60. The number of carboxylic acid groups (broad SMARTS) is 1. The zero-order valence-electron chi connectivity index (χ0n) is 12.0. The van der Waals surface area contributed by atoms with Crippen molar-refractivity contribution < 1.29 is 9.90 Å². The molecule has 0 amide bonds. The van der Waals surface area contributed by atoms with E-state index in [4.69, 9.17) is 10.8 Å². The fraction of sp³-hybridized carbons (Fsp3) is 0.929. The van der Waals surface area contributed by atoms with Crippen molar-refractivity contribution in [1.82, 2.24) is 0 Å². The molecule has 0 saturated carbocycles. The number of hydrogen-bond acceptors (Lipinski definition) is 2. The Morgan fingerprint density at radius 2 is 1.65 bits per heavy atom. The van der Waals surface area contributed by atoms with Crippen molar-refractivity contribution in [3.05, 3.63) is 0 Å². The van der Waals surface area contributed by atoms with Gasteiger partial charge in [-0.2, -0.15) is 0 Å². The summed E-state index contributed by atoms with van der Waals surface area (Å²) in [5, 5.41) is 8.74. The van der Waals surface area contributed by atoms with Crippen molar-refractivity contribution in [1.29, 1.82) is 0 Å². The molecule has 0 saturated heterocycles. The number of carboxylic acids is 1. The van der Waals surface area contributed by atoms with E-state index in [1.807, 2.05) is 0 Å². The summed E-state index contributed by atoms with van der Waals surface area (Å²) in [5.74, 6) is 0.196. The minimum absolute atomic E-state index is 0.375. The maximum atomic E-state index is 10.6. The highest BCUT2D eigenvalue weighted by Crippen LogP contribution is 2.28. The molecule has 0 aliphatic rings. The Morgan fingerprint density at radius 3 is 2.06 bits per heavy atom. The van der Waals surface area contributed by atoms with Crippen LogP contribution < -0.4 is 5.73 Å². The topological polar surface area (TPSA) is 63.3 Å². The third-order valence-electron chi connectivity index (χ3n) is 3.09. The van der Waals surface area contributed by atoms with Crippen molar-refractivity contribution in [3.8, 4) is 0 Å². The van der Waals surface area contributed by atoms with Crippen LogP contribution in [0, 0.1) is 17.3 Å². The number of rotatable bonds is 7. The van der Waals surface area contributed by atoms with E-state index < -0.39 is 12.0 Å². The fourth-order valence-corrected chi connectivity index (χ4v) is 2.37. The quantitative estimate of drug-likeness (QED) is 0.721.